The summed E-state index contributed by atoms with van der Waals surface area (Å²) in [5.74, 6) is 0.394. The largest absolute Gasteiger partial charge is 0.426 e. The van der Waals surface area contributed by atoms with Crippen LogP contribution in [0.4, 0.5) is 4.79 Å². The monoisotopic (exact) mass is 397 g/mol. The quantitative estimate of drug-likeness (QED) is 0.297. The Morgan fingerprint density at radius 2 is 1.59 bits per heavy atom. The van der Waals surface area contributed by atoms with Crippen molar-refractivity contribution in [3.05, 3.63) is 46.8 Å². The third-order valence-corrected chi connectivity index (χ3v) is 4.08. The van der Waals surface area contributed by atoms with Crippen LogP contribution in [-0.4, -0.2) is 18.1 Å². The molecular weight excluding hydrogens is 374 g/mol. The Morgan fingerprint density at radius 3 is 2.24 bits per heavy atom. The van der Waals surface area contributed by atoms with Crippen molar-refractivity contribution in [1.29, 1.82) is 0 Å². The average molecular weight is 397 g/mol. The summed E-state index contributed by atoms with van der Waals surface area (Å²) in [5, 5.41) is 4.23. The molecule has 0 radical (unpaired) electrons. The molecule has 0 aliphatic rings. The van der Waals surface area contributed by atoms with E-state index >= 15 is 0 Å². The van der Waals surface area contributed by atoms with Gasteiger partial charge in [-0.1, -0.05) is 13.8 Å². The van der Waals surface area contributed by atoms with Crippen molar-refractivity contribution >= 4 is 33.8 Å². The Labute approximate surface area is 167 Å². The second-order valence-corrected chi connectivity index (χ2v) is 7.52. The third-order valence-electron chi connectivity index (χ3n) is 4.08. The molecule has 1 N–H and O–H groups in total. The number of carbonyl (C=O) groups excluding carboxylic acids is 2. The number of hydrogen-bond donors (Lipinski definition) is 1. The van der Waals surface area contributed by atoms with Gasteiger partial charge in [-0.15, -0.1) is 0 Å². The molecule has 1 aromatic heterocycles. The number of esters is 1. The van der Waals surface area contributed by atoms with Crippen LogP contribution in [0.1, 0.15) is 34.1 Å². The smallest absolute Gasteiger partial charge is 0.412 e. The van der Waals surface area contributed by atoms with E-state index < -0.39 is 11.7 Å². The minimum absolute atomic E-state index is 0.0687. The second-order valence-electron chi connectivity index (χ2n) is 7.52. The number of nitrogens with one attached hydrogen (secondary N) is 1. The van der Waals surface area contributed by atoms with Crippen molar-refractivity contribution in [3.63, 3.8) is 0 Å². The van der Waals surface area contributed by atoms with Crippen LogP contribution in [0.5, 0.6) is 11.5 Å². The average Bonchev–Trinajstić information content (AvgIpc) is 2.60. The van der Waals surface area contributed by atoms with Crippen LogP contribution in [0.25, 0.3) is 21.7 Å². The fraction of sp³-hybridized carbons (Fsp3) is 0.318. The Kier molecular flexibility index (Phi) is 5.87. The lowest BCUT2D eigenvalue weighted by atomic mass is 10.1. The topological polar surface area (TPSA) is 94.8 Å². The molecule has 0 spiro atoms. The molecule has 1 amide bonds. The van der Waals surface area contributed by atoms with Crippen LogP contribution < -0.4 is 20.4 Å². The van der Waals surface area contributed by atoms with Gasteiger partial charge in [0.2, 0.25) is 0 Å². The number of carbonyl (C=O) groups is 2. The van der Waals surface area contributed by atoms with Gasteiger partial charge in [0, 0.05) is 29.3 Å². The van der Waals surface area contributed by atoms with Crippen LogP contribution >= 0.6 is 0 Å². The fourth-order valence-electron chi connectivity index (χ4n) is 2.90. The normalized spacial score (nSPS) is 11.2. The number of ether oxygens (including phenoxy) is 2. The van der Waals surface area contributed by atoms with E-state index in [-0.39, 0.29) is 29.1 Å². The summed E-state index contributed by atoms with van der Waals surface area (Å²) in [6.45, 7) is 7.49. The summed E-state index contributed by atoms with van der Waals surface area (Å²) in [7, 11) is 0. The van der Waals surface area contributed by atoms with Gasteiger partial charge in [-0.3, -0.25) is 4.79 Å². The fourth-order valence-corrected chi connectivity index (χ4v) is 2.90. The van der Waals surface area contributed by atoms with Crippen LogP contribution in [0.3, 0.4) is 0 Å². The molecule has 3 rings (SSSR count). The molecule has 3 aromatic rings. The van der Waals surface area contributed by atoms with E-state index in [9.17, 15) is 14.4 Å². The number of rotatable bonds is 5. The van der Waals surface area contributed by atoms with Gasteiger partial charge in [-0.05, 0) is 50.1 Å². The first kappa shape index (κ1) is 20.4. The maximum atomic E-state index is 12.5. The number of benzene rings is 2. The third kappa shape index (κ3) is 4.93. The molecule has 29 heavy (non-hydrogen) atoms. The highest BCUT2D eigenvalue weighted by molar-refractivity contribution is 6.05. The molecule has 0 unspecified atom stereocenters. The Hall–Kier alpha value is -3.35. The molecule has 1 heterocycles. The van der Waals surface area contributed by atoms with E-state index in [1.54, 1.807) is 24.3 Å². The molecule has 0 aliphatic carbocycles. The van der Waals surface area contributed by atoms with Gasteiger partial charge in [-0.2, -0.15) is 0 Å². The molecule has 0 saturated heterocycles. The molecule has 0 bridgehead atoms. The summed E-state index contributed by atoms with van der Waals surface area (Å²) in [5.41, 5.74) is -0.267. The highest BCUT2D eigenvalue weighted by Crippen LogP contribution is 2.29. The summed E-state index contributed by atoms with van der Waals surface area (Å²) >= 11 is 0. The Balaban J connectivity index is 1.94. The molecule has 7 nitrogen and oxygen atoms in total. The van der Waals surface area contributed by atoms with E-state index in [1.807, 2.05) is 27.7 Å². The molecule has 2 aromatic carbocycles. The van der Waals surface area contributed by atoms with Crippen molar-refractivity contribution in [1.82, 2.24) is 5.32 Å². The first-order valence-corrected chi connectivity index (χ1v) is 9.42. The predicted molar refractivity (Wildman–Crippen MR) is 109 cm³/mol. The van der Waals surface area contributed by atoms with Gasteiger partial charge >= 0.3 is 17.7 Å². The van der Waals surface area contributed by atoms with Crippen LogP contribution in [0.15, 0.2) is 45.6 Å². The van der Waals surface area contributed by atoms with Gasteiger partial charge < -0.3 is 19.2 Å². The van der Waals surface area contributed by atoms with E-state index in [4.69, 9.17) is 13.9 Å². The van der Waals surface area contributed by atoms with Gasteiger partial charge in [0.05, 0.1) is 5.39 Å². The van der Waals surface area contributed by atoms with Crippen LogP contribution in [0.2, 0.25) is 0 Å². The molecule has 0 fully saturated rings. The van der Waals surface area contributed by atoms with E-state index in [0.717, 1.165) is 0 Å². The molecular formula is C22H23NO6. The lowest BCUT2D eigenvalue weighted by Crippen LogP contribution is -2.32. The van der Waals surface area contributed by atoms with Gasteiger partial charge in [-0.25, -0.2) is 9.59 Å². The highest BCUT2D eigenvalue weighted by Gasteiger charge is 2.13. The maximum absolute atomic E-state index is 12.5. The van der Waals surface area contributed by atoms with Gasteiger partial charge in [0.15, 0.2) is 0 Å². The number of fused-ring (bicyclic) bond motifs is 3. The molecule has 7 heteroatoms. The van der Waals surface area contributed by atoms with Crippen LogP contribution in [-0.2, 0) is 4.79 Å². The van der Waals surface area contributed by atoms with Crippen molar-refractivity contribution in [2.24, 2.45) is 5.92 Å². The Bertz CT molecular complexity index is 1130. The maximum Gasteiger partial charge on any atom is 0.412 e. The lowest BCUT2D eigenvalue weighted by Gasteiger charge is -2.10. The molecule has 0 aliphatic heterocycles. The summed E-state index contributed by atoms with van der Waals surface area (Å²) < 4.78 is 15.9. The zero-order valence-corrected chi connectivity index (χ0v) is 16.8. The Morgan fingerprint density at radius 1 is 0.931 bits per heavy atom. The SMILES string of the molecule is CC(C)CC(=O)Oc1ccc2c(c1)oc(=O)c1cc(OC(=O)NC(C)C)ccc12. The highest BCUT2D eigenvalue weighted by atomic mass is 16.6. The summed E-state index contributed by atoms with van der Waals surface area (Å²) in [4.78, 5) is 36.1. The number of amides is 1. The molecule has 0 saturated carbocycles. The van der Waals surface area contributed by atoms with Crippen molar-refractivity contribution < 1.29 is 23.5 Å². The summed E-state index contributed by atoms with van der Waals surface area (Å²) in [6.07, 6.45) is -0.301. The number of hydrogen-bond acceptors (Lipinski definition) is 6. The van der Waals surface area contributed by atoms with E-state index in [0.29, 0.717) is 28.5 Å². The van der Waals surface area contributed by atoms with Crippen molar-refractivity contribution in [3.8, 4) is 11.5 Å². The van der Waals surface area contributed by atoms with Crippen molar-refractivity contribution in [2.75, 3.05) is 0 Å². The second kappa shape index (κ2) is 8.34. The zero-order chi connectivity index (χ0) is 21.1. The van der Waals surface area contributed by atoms with Gasteiger partial charge in [0.1, 0.15) is 17.1 Å². The lowest BCUT2D eigenvalue weighted by molar-refractivity contribution is -0.135. The predicted octanol–water partition coefficient (Wildman–Crippen LogP) is 4.39. The van der Waals surface area contributed by atoms with Gasteiger partial charge in [0.25, 0.3) is 0 Å². The minimum Gasteiger partial charge on any atom is -0.426 e. The van der Waals surface area contributed by atoms with Crippen molar-refractivity contribution in [2.45, 2.75) is 40.2 Å². The van der Waals surface area contributed by atoms with E-state index in [1.165, 1.54) is 12.1 Å². The summed E-state index contributed by atoms with van der Waals surface area (Å²) in [6, 6.07) is 9.60. The zero-order valence-electron chi connectivity index (χ0n) is 16.8. The molecule has 152 valence electrons. The first-order valence-electron chi connectivity index (χ1n) is 9.42. The van der Waals surface area contributed by atoms with E-state index in [2.05, 4.69) is 5.32 Å². The van der Waals surface area contributed by atoms with Crippen LogP contribution in [0, 0.1) is 5.92 Å². The first-order chi connectivity index (χ1) is 13.7. The minimum atomic E-state index is -0.600. The molecule has 0 atom stereocenters. The standard InChI is InChI=1S/C22H23NO6/c1-12(2)9-20(24)27-15-6-8-17-16-7-5-14(28-22(26)23-13(3)4)10-18(16)21(25)29-19(17)11-15/h5-8,10-13H,9H2,1-4H3,(H,23,26).